The second kappa shape index (κ2) is 12.1. The summed E-state index contributed by atoms with van der Waals surface area (Å²) in [4.78, 5) is 0. The van der Waals surface area contributed by atoms with Crippen LogP contribution in [-0.4, -0.2) is 0 Å². The van der Waals surface area contributed by atoms with Crippen LogP contribution in [0, 0.1) is 5.92 Å². The first-order valence-corrected chi connectivity index (χ1v) is 7.31. The van der Waals surface area contributed by atoms with Gasteiger partial charge >= 0.3 is 0 Å². The molecule has 0 aliphatic carbocycles. The Kier molecular flexibility index (Phi) is 12.1. The molecule has 0 aromatic carbocycles. The molecule has 0 saturated carbocycles. The van der Waals surface area contributed by atoms with Crippen molar-refractivity contribution in [2.45, 2.75) is 91.4 Å². The van der Waals surface area contributed by atoms with Crippen LogP contribution in [0.2, 0.25) is 0 Å². The highest BCUT2D eigenvalue weighted by Crippen LogP contribution is 2.14. The van der Waals surface area contributed by atoms with Gasteiger partial charge in [-0.05, 0) is 5.92 Å². The van der Waals surface area contributed by atoms with Gasteiger partial charge in [-0.25, -0.2) is 0 Å². The Morgan fingerprint density at radius 1 is 0.667 bits per heavy atom. The fourth-order valence-electron chi connectivity index (χ4n) is 2.01. The third-order valence-corrected chi connectivity index (χ3v) is 3.50. The number of hydrogen-bond donors (Lipinski definition) is 0. The van der Waals surface area contributed by atoms with Crippen LogP contribution in [0.4, 0.5) is 0 Å². The van der Waals surface area contributed by atoms with Crippen LogP contribution in [0.15, 0.2) is 0 Å². The van der Waals surface area contributed by atoms with Gasteiger partial charge in [0.2, 0.25) is 0 Å². The molecule has 0 N–H and O–H groups in total. The normalized spacial score (nSPS) is 13.0. The van der Waals surface area contributed by atoms with E-state index >= 15 is 0 Å². The second-order valence-corrected chi connectivity index (χ2v) is 5.13. The standard InChI is InChI=1S/C15H32/c1-4-6-7-8-9-10-11-12-13-14-15(3)5-2/h15H,4-14H2,1-3H3/t15-/m0/s1. The maximum absolute atomic E-state index is 2.38. The molecule has 0 aromatic rings. The van der Waals surface area contributed by atoms with E-state index in [2.05, 4.69) is 20.8 Å². The molecule has 0 nitrogen and oxygen atoms in total. The van der Waals surface area contributed by atoms with Gasteiger partial charge in [-0.1, -0.05) is 91.4 Å². The summed E-state index contributed by atoms with van der Waals surface area (Å²) in [5, 5.41) is 0. The number of rotatable bonds is 11. The minimum Gasteiger partial charge on any atom is -0.0654 e. The average molecular weight is 212 g/mol. The molecule has 0 rings (SSSR count). The summed E-state index contributed by atoms with van der Waals surface area (Å²) >= 11 is 0. The van der Waals surface area contributed by atoms with Crippen molar-refractivity contribution in [3.05, 3.63) is 0 Å². The van der Waals surface area contributed by atoms with Gasteiger partial charge in [0, 0.05) is 0 Å². The Bertz CT molecular complexity index is 107. The van der Waals surface area contributed by atoms with Crippen molar-refractivity contribution in [3.63, 3.8) is 0 Å². The average Bonchev–Trinajstić information content (AvgIpc) is 2.26. The van der Waals surface area contributed by atoms with Gasteiger partial charge in [-0.2, -0.15) is 0 Å². The molecule has 0 heteroatoms. The monoisotopic (exact) mass is 212 g/mol. The van der Waals surface area contributed by atoms with E-state index in [0.717, 1.165) is 5.92 Å². The molecule has 1 atom stereocenters. The van der Waals surface area contributed by atoms with Crippen molar-refractivity contribution in [2.75, 3.05) is 0 Å². The van der Waals surface area contributed by atoms with Crippen LogP contribution in [0.25, 0.3) is 0 Å². The van der Waals surface area contributed by atoms with Gasteiger partial charge in [0.15, 0.2) is 0 Å². The van der Waals surface area contributed by atoms with Gasteiger partial charge in [-0.3, -0.25) is 0 Å². The molecule has 0 heterocycles. The molecule has 0 aromatic heterocycles. The Balaban J connectivity index is 2.92. The number of hydrogen-bond acceptors (Lipinski definition) is 0. The molecular formula is C15H32. The summed E-state index contributed by atoms with van der Waals surface area (Å²) in [7, 11) is 0. The molecule has 92 valence electrons. The quantitative estimate of drug-likeness (QED) is 0.371. The molecule has 0 unspecified atom stereocenters. The van der Waals surface area contributed by atoms with Gasteiger partial charge < -0.3 is 0 Å². The summed E-state index contributed by atoms with van der Waals surface area (Å²) in [6.07, 6.45) is 15.9. The fourth-order valence-corrected chi connectivity index (χ4v) is 2.01. The lowest BCUT2D eigenvalue weighted by atomic mass is 9.99. The predicted octanol–water partition coefficient (Wildman–Crippen LogP) is 5.95. The molecule has 0 aliphatic heterocycles. The summed E-state index contributed by atoms with van der Waals surface area (Å²) in [5.74, 6) is 0.953. The largest absolute Gasteiger partial charge is 0.0654 e. The third kappa shape index (κ3) is 11.9. The molecule has 0 bridgehead atoms. The molecule has 0 saturated heterocycles. The van der Waals surface area contributed by atoms with Crippen LogP contribution >= 0.6 is 0 Å². The van der Waals surface area contributed by atoms with Crippen molar-refractivity contribution in [3.8, 4) is 0 Å². The van der Waals surface area contributed by atoms with Gasteiger partial charge in [0.1, 0.15) is 0 Å². The summed E-state index contributed by atoms with van der Waals surface area (Å²) < 4.78 is 0. The van der Waals surface area contributed by atoms with Crippen molar-refractivity contribution in [1.29, 1.82) is 0 Å². The predicted molar refractivity (Wildman–Crippen MR) is 71.3 cm³/mol. The second-order valence-electron chi connectivity index (χ2n) is 5.13. The van der Waals surface area contributed by atoms with Crippen LogP contribution in [0.3, 0.4) is 0 Å². The Morgan fingerprint density at radius 2 is 1.13 bits per heavy atom. The van der Waals surface area contributed by atoms with Crippen LogP contribution in [0.5, 0.6) is 0 Å². The van der Waals surface area contributed by atoms with Gasteiger partial charge in [-0.15, -0.1) is 0 Å². The van der Waals surface area contributed by atoms with Gasteiger partial charge in [0.25, 0.3) is 0 Å². The van der Waals surface area contributed by atoms with E-state index in [-0.39, 0.29) is 0 Å². The molecule has 0 fully saturated rings. The zero-order valence-corrected chi connectivity index (χ0v) is 11.4. The van der Waals surface area contributed by atoms with E-state index in [9.17, 15) is 0 Å². The molecule has 0 spiro atoms. The highest BCUT2D eigenvalue weighted by atomic mass is 14.0. The lowest BCUT2D eigenvalue weighted by molar-refractivity contribution is 0.469. The molecule has 0 aliphatic rings. The molecule has 15 heavy (non-hydrogen) atoms. The minimum atomic E-state index is 0.953. The van der Waals surface area contributed by atoms with Crippen molar-refractivity contribution in [2.24, 2.45) is 5.92 Å². The van der Waals surface area contributed by atoms with Crippen molar-refractivity contribution in [1.82, 2.24) is 0 Å². The van der Waals surface area contributed by atoms with Crippen LogP contribution in [-0.2, 0) is 0 Å². The Morgan fingerprint density at radius 3 is 1.60 bits per heavy atom. The molecular weight excluding hydrogens is 180 g/mol. The van der Waals surface area contributed by atoms with E-state index in [1.54, 1.807) is 0 Å². The maximum atomic E-state index is 2.38. The van der Waals surface area contributed by atoms with Crippen molar-refractivity contribution >= 4 is 0 Å². The highest BCUT2D eigenvalue weighted by molar-refractivity contribution is 4.51. The smallest absolute Gasteiger partial charge is 0.0445 e. The zero-order chi connectivity index (χ0) is 11.4. The topological polar surface area (TPSA) is 0 Å². The summed E-state index contributed by atoms with van der Waals surface area (Å²) in [6.45, 7) is 6.97. The minimum absolute atomic E-state index is 0.953. The number of unbranched alkanes of at least 4 members (excludes halogenated alkanes) is 8. The van der Waals surface area contributed by atoms with E-state index in [4.69, 9.17) is 0 Å². The summed E-state index contributed by atoms with van der Waals surface area (Å²) in [5.41, 5.74) is 0. The first-order valence-electron chi connectivity index (χ1n) is 7.31. The third-order valence-electron chi connectivity index (χ3n) is 3.50. The van der Waals surface area contributed by atoms with Crippen LogP contribution < -0.4 is 0 Å². The fraction of sp³-hybridized carbons (Fsp3) is 1.00. The Labute approximate surface area is 97.8 Å². The van der Waals surface area contributed by atoms with Crippen LogP contribution in [0.1, 0.15) is 91.4 Å². The van der Waals surface area contributed by atoms with Gasteiger partial charge in [0.05, 0.1) is 0 Å². The van der Waals surface area contributed by atoms with Crippen molar-refractivity contribution < 1.29 is 0 Å². The zero-order valence-electron chi connectivity index (χ0n) is 11.4. The van der Waals surface area contributed by atoms with E-state index < -0.39 is 0 Å². The SMILES string of the molecule is CCCCCCCCCCC[C@@H](C)CC. The summed E-state index contributed by atoms with van der Waals surface area (Å²) in [6, 6.07) is 0. The lowest BCUT2D eigenvalue weighted by Gasteiger charge is -2.07. The highest BCUT2D eigenvalue weighted by Gasteiger charge is 1.97. The van der Waals surface area contributed by atoms with E-state index in [1.165, 1.54) is 70.6 Å². The molecule has 0 radical (unpaired) electrons. The molecule has 0 amide bonds. The first kappa shape index (κ1) is 15.0. The Hall–Kier alpha value is 0. The first-order chi connectivity index (χ1) is 7.31. The van der Waals surface area contributed by atoms with E-state index in [1.807, 2.05) is 0 Å². The van der Waals surface area contributed by atoms with E-state index in [0.29, 0.717) is 0 Å². The maximum Gasteiger partial charge on any atom is -0.0445 e. The lowest BCUT2D eigenvalue weighted by Crippen LogP contribution is -1.91.